The summed E-state index contributed by atoms with van der Waals surface area (Å²) in [7, 11) is 0. The van der Waals surface area contributed by atoms with Crippen molar-refractivity contribution in [3.8, 4) is 0 Å². The molecule has 0 spiro atoms. The molecule has 0 atom stereocenters. The summed E-state index contributed by atoms with van der Waals surface area (Å²) in [6.07, 6.45) is 0. The molecule has 17 heavy (non-hydrogen) atoms. The third-order valence-electron chi connectivity index (χ3n) is 1.51. The number of nitrogens with zero attached hydrogens (tertiary/aromatic N) is 2. The van der Waals surface area contributed by atoms with Crippen molar-refractivity contribution in [2.75, 3.05) is 5.73 Å². The molecule has 1 aromatic rings. The number of nitrogen functional groups attached to an aromatic ring is 1. The average molecular weight is 349 g/mol. The Balaban J connectivity index is 0.000000557. The summed E-state index contributed by atoms with van der Waals surface area (Å²) in [6, 6.07) is 5.71. The maximum Gasteiger partial charge on any atom is 0.291 e. The Morgan fingerprint density at radius 2 is 2.06 bits per heavy atom. The molecule has 0 aliphatic heterocycles. The van der Waals surface area contributed by atoms with Crippen LogP contribution in [0.15, 0.2) is 23.2 Å². The lowest BCUT2D eigenvalue weighted by Crippen LogP contribution is -2.22. The normalized spacial score (nSPS) is 8.76. The van der Waals surface area contributed by atoms with E-state index >= 15 is 0 Å². The van der Waals surface area contributed by atoms with E-state index in [2.05, 4.69) is 27.6 Å². The lowest BCUT2D eigenvalue weighted by atomic mass is 10.2. The summed E-state index contributed by atoms with van der Waals surface area (Å²) in [4.78, 5) is 12.3. The first-order chi connectivity index (χ1) is 7.82. The van der Waals surface area contributed by atoms with Gasteiger partial charge in [0.25, 0.3) is 5.09 Å². The Kier molecular flexibility index (Phi) is 6.70. The molecule has 8 nitrogen and oxygen atoms in total. The Morgan fingerprint density at radius 1 is 1.53 bits per heavy atom. The zero-order valence-corrected chi connectivity index (χ0v) is 10.9. The first kappa shape index (κ1) is 15.2. The lowest BCUT2D eigenvalue weighted by molar-refractivity contribution is -0.742. The van der Waals surface area contributed by atoms with E-state index in [1.54, 1.807) is 0 Å². The lowest BCUT2D eigenvalue weighted by Gasteiger charge is -2.01. The summed E-state index contributed by atoms with van der Waals surface area (Å²) >= 11 is 2.17. The van der Waals surface area contributed by atoms with E-state index in [1.807, 2.05) is 18.2 Å². The SMILES string of the molecule is NC(N)=NCc1ccc(N)c([123I])c1.O=[N+]([O-])O. The van der Waals surface area contributed by atoms with Crippen LogP contribution in [-0.2, 0) is 6.54 Å². The van der Waals surface area contributed by atoms with Crippen LogP contribution >= 0.6 is 22.6 Å². The van der Waals surface area contributed by atoms with Crippen LogP contribution in [0, 0.1) is 13.7 Å². The molecule has 0 unspecified atom stereocenters. The number of halogens is 1. The summed E-state index contributed by atoms with van der Waals surface area (Å²) in [5.74, 6) is 0.104. The van der Waals surface area contributed by atoms with Crippen LogP contribution in [-0.4, -0.2) is 16.3 Å². The number of anilines is 1. The van der Waals surface area contributed by atoms with Gasteiger partial charge in [-0.2, -0.15) is 0 Å². The number of nitrogens with two attached hydrogens (primary N) is 3. The van der Waals surface area contributed by atoms with Gasteiger partial charge < -0.3 is 22.4 Å². The van der Waals surface area contributed by atoms with E-state index < -0.39 is 5.09 Å². The molecule has 0 aromatic heterocycles. The van der Waals surface area contributed by atoms with Crippen molar-refractivity contribution in [3.05, 3.63) is 37.4 Å². The zero-order valence-electron chi connectivity index (χ0n) is 8.71. The van der Waals surface area contributed by atoms with Crippen LogP contribution in [0.5, 0.6) is 0 Å². The van der Waals surface area contributed by atoms with E-state index in [9.17, 15) is 0 Å². The smallest absolute Gasteiger partial charge is 0.291 e. The van der Waals surface area contributed by atoms with Gasteiger partial charge in [0.2, 0.25) is 0 Å². The maximum atomic E-state index is 8.36. The fourth-order valence-electron chi connectivity index (χ4n) is 0.852. The number of rotatable bonds is 2. The first-order valence-electron chi connectivity index (χ1n) is 4.25. The third kappa shape index (κ3) is 8.07. The molecule has 7 N–H and O–H groups in total. The molecule has 94 valence electrons. The van der Waals surface area contributed by atoms with Crippen molar-refractivity contribution in [2.45, 2.75) is 6.54 Å². The van der Waals surface area contributed by atoms with Gasteiger partial charge >= 0.3 is 0 Å². The van der Waals surface area contributed by atoms with Crippen LogP contribution in [0.3, 0.4) is 0 Å². The molecule has 0 saturated heterocycles. The number of guanidine groups is 1. The third-order valence-corrected chi connectivity index (χ3v) is 2.44. The second-order valence-corrected chi connectivity index (χ2v) is 4.00. The number of benzene rings is 1. The standard InChI is InChI=1S/C8H11IN4.HNO3/c9-6-3-5(1-2-7(6)10)4-13-8(11)12;2-1(3)4/h1-3H,4,10H2,(H4,11,12,13);(H,2,3,4)/i9-4;. The molecule has 0 saturated carbocycles. The van der Waals surface area contributed by atoms with E-state index in [4.69, 9.17) is 32.5 Å². The fourth-order valence-corrected chi connectivity index (χ4v) is 1.43. The van der Waals surface area contributed by atoms with Crippen molar-refractivity contribution in [1.82, 2.24) is 0 Å². The second-order valence-electron chi connectivity index (χ2n) is 2.83. The fraction of sp³-hybridized carbons (Fsp3) is 0.125. The Hall–Kier alpha value is -1.78. The Bertz CT molecular complexity index is 416. The molecule has 0 heterocycles. The monoisotopic (exact) mass is 349 g/mol. The highest BCUT2D eigenvalue weighted by molar-refractivity contribution is 14.1. The second kappa shape index (κ2) is 7.49. The molecule has 0 aliphatic carbocycles. The van der Waals surface area contributed by atoms with Crippen molar-refractivity contribution in [3.63, 3.8) is 0 Å². The minimum atomic E-state index is -1.50. The van der Waals surface area contributed by atoms with Crippen molar-refractivity contribution in [1.29, 1.82) is 0 Å². The van der Waals surface area contributed by atoms with Gasteiger partial charge in [0.05, 0.1) is 6.54 Å². The van der Waals surface area contributed by atoms with Crippen LogP contribution in [0.25, 0.3) is 0 Å². The molecule has 9 heteroatoms. The summed E-state index contributed by atoms with van der Waals surface area (Å²) < 4.78 is 1.01. The molecule has 1 rings (SSSR count). The maximum absolute atomic E-state index is 8.36. The van der Waals surface area contributed by atoms with Crippen LogP contribution in [0.4, 0.5) is 5.69 Å². The van der Waals surface area contributed by atoms with Crippen molar-refractivity contribution < 1.29 is 10.3 Å². The summed E-state index contributed by atoms with van der Waals surface area (Å²) in [5.41, 5.74) is 17.9. The van der Waals surface area contributed by atoms with Gasteiger partial charge in [-0.1, -0.05) is 6.07 Å². The predicted molar refractivity (Wildman–Crippen MR) is 71.9 cm³/mol. The minimum Gasteiger partial charge on any atom is -0.398 e. The van der Waals surface area contributed by atoms with Crippen LogP contribution in [0.2, 0.25) is 0 Å². The van der Waals surface area contributed by atoms with Gasteiger partial charge in [-0.15, -0.1) is 10.1 Å². The largest absolute Gasteiger partial charge is 0.398 e. The predicted octanol–water partition coefficient (Wildman–Crippen LogP) is 0.299. The highest BCUT2D eigenvalue weighted by Crippen LogP contribution is 2.16. The summed E-state index contributed by atoms with van der Waals surface area (Å²) in [6.45, 7) is 0.499. The number of hydrogen-bond donors (Lipinski definition) is 4. The van der Waals surface area contributed by atoms with Gasteiger partial charge in [0.15, 0.2) is 5.96 Å². The zero-order chi connectivity index (χ0) is 13.4. The average Bonchev–Trinajstić information content (AvgIpc) is 2.19. The quantitative estimate of drug-likeness (QED) is 0.150. The molecular formula is C8H12IN5O3. The van der Waals surface area contributed by atoms with Gasteiger partial charge in [-0.05, 0) is 40.3 Å². The highest BCUT2D eigenvalue weighted by Gasteiger charge is 1.96. The topological polar surface area (TPSA) is 154 Å². The summed E-state index contributed by atoms with van der Waals surface area (Å²) in [5, 5.41) is 13.6. The van der Waals surface area contributed by atoms with Crippen molar-refractivity contribution in [2.24, 2.45) is 16.5 Å². The number of hydrogen-bond acceptors (Lipinski definition) is 4. The first-order valence-corrected chi connectivity index (χ1v) is 5.33. The molecule has 0 bridgehead atoms. The molecule has 0 aliphatic rings. The molecule has 0 fully saturated rings. The van der Waals surface area contributed by atoms with Gasteiger partial charge in [0.1, 0.15) is 0 Å². The van der Waals surface area contributed by atoms with Gasteiger partial charge in [-0.3, -0.25) is 0 Å². The Labute approximate surface area is 111 Å². The molecular weight excluding hydrogens is 337 g/mol. The van der Waals surface area contributed by atoms with Gasteiger partial charge in [0, 0.05) is 9.26 Å². The molecule has 0 amide bonds. The number of aliphatic imine (C=N–C) groups is 1. The van der Waals surface area contributed by atoms with E-state index in [-0.39, 0.29) is 5.96 Å². The molecule has 1 aromatic carbocycles. The highest BCUT2D eigenvalue weighted by atomic mass is 123. The van der Waals surface area contributed by atoms with E-state index in [0.717, 1.165) is 14.8 Å². The van der Waals surface area contributed by atoms with Crippen LogP contribution < -0.4 is 17.2 Å². The Morgan fingerprint density at radius 3 is 2.47 bits per heavy atom. The molecule has 0 radical (unpaired) electrons. The van der Waals surface area contributed by atoms with Gasteiger partial charge in [-0.25, -0.2) is 4.99 Å². The van der Waals surface area contributed by atoms with Crippen LogP contribution in [0.1, 0.15) is 5.56 Å². The van der Waals surface area contributed by atoms with E-state index in [1.165, 1.54) is 0 Å². The van der Waals surface area contributed by atoms with E-state index in [0.29, 0.717) is 6.54 Å². The van der Waals surface area contributed by atoms with Crippen molar-refractivity contribution >= 4 is 34.2 Å². The minimum absolute atomic E-state index is 0.104.